The number of carboxylic acids is 1. The van der Waals surface area contributed by atoms with Gasteiger partial charge < -0.3 is 9.84 Å². The zero-order valence-electron chi connectivity index (χ0n) is 7.10. The predicted molar refractivity (Wildman–Crippen MR) is 42.3 cm³/mol. The fourth-order valence-corrected chi connectivity index (χ4v) is 0.844. The first-order valence-corrected chi connectivity index (χ1v) is 3.66. The number of aliphatic carboxylic acids is 1. The fraction of sp³-hybridized carbons (Fsp3) is 0.429. The van der Waals surface area contributed by atoms with E-state index in [1.807, 2.05) is 0 Å². The van der Waals surface area contributed by atoms with Crippen LogP contribution < -0.4 is 4.74 Å². The van der Waals surface area contributed by atoms with Gasteiger partial charge in [-0.15, -0.1) is 10.2 Å². The number of hydrogen-bond donors (Lipinski definition) is 1. The van der Waals surface area contributed by atoms with Gasteiger partial charge in [0.1, 0.15) is 12.0 Å². The fourth-order valence-electron chi connectivity index (χ4n) is 0.844. The van der Waals surface area contributed by atoms with Crippen molar-refractivity contribution < 1.29 is 14.6 Å². The first-order chi connectivity index (χ1) is 6.24. The molecule has 0 amide bonds. The highest BCUT2D eigenvalue weighted by Crippen LogP contribution is 2.10. The summed E-state index contributed by atoms with van der Waals surface area (Å²) in [6, 6.07) is 0. The zero-order valence-corrected chi connectivity index (χ0v) is 7.10. The molecule has 0 aliphatic carbocycles. The van der Waals surface area contributed by atoms with E-state index in [9.17, 15) is 4.79 Å². The highest BCUT2D eigenvalue weighted by molar-refractivity contribution is 5.67. The van der Waals surface area contributed by atoms with Crippen molar-refractivity contribution in [1.82, 2.24) is 15.2 Å². The molecule has 0 atom stereocenters. The molecule has 70 valence electrons. The summed E-state index contributed by atoms with van der Waals surface area (Å²) in [7, 11) is 1.45. The number of aryl methyl sites for hydroxylation is 1. The van der Waals surface area contributed by atoms with Gasteiger partial charge in [0, 0.05) is 6.42 Å². The predicted octanol–water partition coefficient (Wildman–Crippen LogP) is -0.103. The summed E-state index contributed by atoms with van der Waals surface area (Å²) < 4.78 is 4.87. The molecule has 0 fully saturated rings. The van der Waals surface area contributed by atoms with Gasteiger partial charge in [0.05, 0.1) is 13.5 Å². The number of carboxylic acid groups (broad SMARTS) is 1. The second-order valence-corrected chi connectivity index (χ2v) is 2.31. The van der Waals surface area contributed by atoms with Crippen LogP contribution in [0.2, 0.25) is 0 Å². The number of carbonyl (C=O) groups is 1. The van der Waals surface area contributed by atoms with E-state index < -0.39 is 5.97 Å². The van der Waals surface area contributed by atoms with Gasteiger partial charge in [-0.3, -0.25) is 4.79 Å². The standard InChI is InChI=1S/C7H9N3O3/c1-13-7-5(2-3-6(11)12)10-9-4-8-7/h4H,2-3H2,1H3,(H,11,12). The minimum absolute atomic E-state index is 0.00324. The third-order valence-corrected chi connectivity index (χ3v) is 1.42. The Morgan fingerprint density at radius 2 is 2.46 bits per heavy atom. The molecule has 0 radical (unpaired) electrons. The van der Waals surface area contributed by atoms with E-state index in [2.05, 4.69) is 15.2 Å². The SMILES string of the molecule is COc1ncnnc1CCC(=O)O. The van der Waals surface area contributed by atoms with Crippen LogP contribution in [0, 0.1) is 0 Å². The molecule has 1 aromatic heterocycles. The molecule has 0 aromatic carbocycles. The summed E-state index contributed by atoms with van der Waals surface area (Å²) in [6.07, 6.45) is 1.53. The van der Waals surface area contributed by atoms with Gasteiger partial charge in [0.2, 0.25) is 5.88 Å². The molecule has 0 saturated carbocycles. The molecule has 13 heavy (non-hydrogen) atoms. The Morgan fingerprint density at radius 1 is 1.69 bits per heavy atom. The molecule has 1 heterocycles. The minimum atomic E-state index is -0.882. The molecule has 0 spiro atoms. The molecule has 0 aliphatic rings. The van der Waals surface area contributed by atoms with Gasteiger partial charge in [-0.25, -0.2) is 0 Å². The molecule has 1 N–H and O–H groups in total. The van der Waals surface area contributed by atoms with Crippen LogP contribution in [0.4, 0.5) is 0 Å². The van der Waals surface area contributed by atoms with Crippen molar-refractivity contribution in [2.45, 2.75) is 12.8 Å². The number of methoxy groups -OCH3 is 1. The summed E-state index contributed by atoms with van der Waals surface area (Å²) >= 11 is 0. The number of nitrogens with zero attached hydrogens (tertiary/aromatic N) is 3. The van der Waals surface area contributed by atoms with Crippen LogP contribution in [0.1, 0.15) is 12.1 Å². The van der Waals surface area contributed by atoms with Gasteiger partial charge in [0.15, 0.2) is 0 Å². The molecular weight excluding hydrogens is 174 g/mol. The Hall–Kier alpha value is -1.72. The molecule has 1 rings (SSSR count). The molecule has 1 aromatic rings. The van der Waals surface area contributed by atoms with Crippen molar-refractivity contribution in [3.63, 3.8) is 0 Å². The van der Waals surface area contributed by atoms with Crippen LogP contribution in [-0.4, -0.2) is 33.4 Å². The minimum Gasteiger partial charge on any atom is -0.481 e. The van der Waals surface area contributed by atoms with Crippen molar-refractivity contribution in [2.75, 3.05) is 7.11 Å². The van der Waals surface area contributed by atoms with E-state index in [0.717, 1.165) is 0 Å². The lowest BCUT2D eigenvalue weighted by atomic mass is 10.2. The maximum atomic E-state index is 10.3. The van der Waals surface area contributed by atoms with Crippen molar-refractivity contribution >= 4 is 5.97 Å². The molecule has 6 nitrogen and oxygen atoms in total. The third-order valence-electron chi connectivity index (χ3n) is 1.42. The topological polar surface area (TPSA) is 85.2 Å². The van der Waals surface area contributed by atoms with E-state index in [-0.39, 0.29) is 12.8 Å². The van der Waals surface area contributed by atoms with Crippen molar-refractivity contribution in [3.05, 3.63) is 12.0 Å². The Morgan fingerprint density at radius 3 is 3.08 bits per heavy atom. The zero-order chi connectivity index (χ0) is 9.68. The summed E-state index contributed by atoms with van der Waals surface area (Å²) in [4.78, 5) is 14.0. The van der Waals surface area contributed by atoms with Crippen LogP contribution in [-0.2, 0) is 11.2 Å². The van der Waals surface area contributed by atoms with Gasteiger partial charge in [0.25, 0.3) is 0 Å². The van der Waals surface area contributed by atoms with Crippen LogP contribution in [0.5, 0.6) is 5.88 Å². The molecule has 0 bridgehead atoms. The van der Waals surface area contributed by atoms with E-state index in [1.54, 1.807) is 0 Å². The highest BCUT2D eigenvalue weighted by Gasteiger charge is 2.07. The Labute approximate surface area is 74.6 Å². The molecule has 0 saturated heterocycles. The molecule has 0 unspecified atom stereocenters. The second kappa shape index (κ2) is 4.34. The average Bonchev–Trinajstić information content (AvgIpc) is 2.15. The Bertz CT molecular complexity index is 303. The lowest BCUT2D eigenvalue weighted by molar-refractivity contribution is -0.136. The van der Waals surface area contributed by atoms with Crippen LogP contribution in [0.25, 0.3) is 0 Å². The lowest BCUT2D eigenvalue weighted by Gasteiger charge is -2.02. The maximum Gasteiger partial charge on any atom is 0.303 e. The molecule has 0 aliphatic heterocycles. The van der Waals surface area contributed by atoms with E-state index in [4.69, 9.17) is 9.84 Å². The van der Waals surface area contributed by atoms with Gasteiger partial charge in [-0.1, -0.05) is 0 Å². The van der Waals surface area contributed by atoms with Gasteiger partial charge in [-0.05, 0) is 0 Å². The van der Waals surface area contributed by atoms with Crippen molar-refractivity contribution in [1.29, 1.82) is 0 Å². The van der Waals surface area contributed by atoms with Crippen molar-refractivity contribution in [3.8, 4) is 5.88 Å². The van der Waals surface area contributed by atoms with Gasteiger partial charge >= 0.3 is 5.97 Å². The Balaban J connectivity index is 2.69. The van der Waals surface area contributed by atoms with Crippen LogP contribution in [0.3, 0.4) is 0 Å². The largest absolute Gasteiger partial charge is 0.481 e. The summed E-state index contributed by atoms with van der Waals surface area (Å²) in [5.41, 5.74) is 0.465. The number of aromatic nitrogens is 3. The normalized spacial score (nSPS) is 9.62. The van der Waals surface area contributed by atoms with E-state index in [0.29, 0.717) is 11.6 Å². The first kappa shape index (κ1) is 9.37. The third kappa shape index (κ3) is 2.66. The summed E-state index contributed by atoms with van der Waals surface area (Å²) in [5, 5.41) is 15.7. The number of hydrogen-bond acceptors (Lipinski definition) is 5. The van der Waals surface area contributed by atoms with Crippen LogP contribution >= 0.6 is 0 Å². The quantitative estimate of drug-likeness (QED) is 0.701. The average molecular weight is 183 g/mol. The van der Waals surface area contributed by atoms with E-state index in [1.165, 1.54) is 13.4 Å². The molecule has 6 heteroatoms. The maximum absolute atomic E-state index is 10.3. The van der Waals surface area contributed by atoms with E-state index >= 15 is 0 Å². The first-order valence-electron chi connectivity index (χ1n) is 3.66. The second-order valence-electron chi connectivity index (χ2n) is 2.31. The summed E-state index contributed by atoms with van der Waals surface area (Å²) in [6.45, 7) is 0. The number of ether oxygens (including phenoxy) is 1. The smallest absolute Gasteiger partial charge is 0.303 e. The monoisotopic (exact) mass is 183 g/mol. The Kier molecular flexibility index (Phi) is 3.13. The number of rotatable bonds is 4. The highest BCUT2D eigenvalue weighted by atomic mass is 16.5. The molecular formula is C7H9N3O3. The summed E-state index contributed by atoms with van der Waals surface area (Å²) in [5.74, 6) is -0.552. The van der Waals surface area contributed by atoms with Gasteiger partial charge in [-0.2, -0.15) is 4.98 Å². The van der Waals surface area contributed by atoms with Crippen molar-refractivity contribution in [2.24, 2.45) is 0 Å². The van der Waals surface area contributed by atoms with Crippen LogP contribution in [0.15, 0.2) is 6.33 Å². The lowest BCUT2D eigenvalue weighted by Crippen LogP contribution is -2.04.